The molecule has 27 heavy (non-hydrogen) atoms. The van der Waals surface area contributed by atoms with Gasteiger partial charge in [0.05, 0.1) is 22.2 Å². The standard InChI is InChI=1S/C18H20Cl2N2O4S/c1-13(12-26-2)21-18(23)11-22(17-10-14(19)8-9-16(17)20)27(24,25)15-6-4-3-5-7-15/h3-10,13H,11-12H2,1-2H3,(H,21,23)/t13-/m0/s1. The number of carbonyl (C=O) groups excluding carboxylic acids is 1. The molecule has 2 aromatic rings. The number of amides is 1. The topological polar surface area (TPSA) is 75.7 Å². The largest absolute Gasteiger partial charge is 0.383 e. The predicted molar refractivity (Wildman–Crippen MR) is 107 cm³/mol. The first-order valence-corrected chi connectivity index (χ1v) is 10.3. The highest BCUT2D eigenvalue weighted by molar-refractivity contribution is 7.92. The van der Waals surface area contributed by atoms with Crippen LogP contribution in [0, 0.1) is 0 Å². The van der Waals surface area contributed by atoms with Crippen LogP contribution in [0.5, 0.6) is 0 Å². The van der Waals surface area contributed by atoms with Crippen LogP contribution in [0.1, 0.15) is 6.92 Å². The Hall–Kier alpha value is -1.80. The van der Waals surface area contributed by atoms with Crippen molar-refractivity contribution in [3.63, 3.8) is 0 Å². The van der Waals surface area contributed by atoms with Gasteiger partial charge in [-0.1, -0.05) is 41.4 Å². The van der Waals surface area contributed by atoms with Crippen LogP contribution in [0.15, 0.2) is 53.4 Å². The minimum absolute atomic E-state index is 0.0405. The fraction of sp³-hybridized carbons (Fsp3) is 0.278. The van der Waals surface area contributed by atoms with E-state index < -0.39 is 22.5 Å². The Morgan fingerprint density at radius 2 is 1.85 bits per heavy atom. The first-order valence-electron chi connectivity index (χ1n) is 8.07. The fourth-order valence-corrected chi connectivity index (χ4v) is 4.33. The second-order valence-corrected chi connectivity index (χ2v) is 8.55. The summed E-state index contributed by atoms with van der Waals surface area (Å²) in [7, 11) is -2.52. The summed E-state index contributed by atoms with van der Waals surface area (Å²) >= 11 is 12.2. The van der Waals surface area contributed by atoms with E-state index in [0.29, 0.717) is 11.6 Å². The Kier molecular flexibility index (Phi) is 7.49. The SMILES string of the molecule is COC[C@H](C)NC(=O)CN(c1cc(Cl)ccc1Cl)S(=O)(=O)c1ccccc1. The number of carbonyl (C=O) groups is 1. The van der Waals surface area contributed by atoms with Gasteiger partial charge >= 0.3 is 0 Å². The molecule has 146 valence electrons. The zero-order valence-corrected chi connectivity index (χ0v) is 17.2. The van der Waals surface area contributed by atoms with Crippen molar-refractivity contribution in [3.05, 3.63) is 58.6 Å². The summed E-state index contributed by atoms with van der Waals surface area (Å²) in [5, 5.41) is 3.16. The molecule has 1 N–H and O–H groups in total. The molecule has 0 aliphatic rings. The minimum atomic E-state index is -4.04. The highest BCUT2D eigenvalue weighted by atomic mass is 35.5. The zero-order chi connectivity index (χ0) is 20.0. The Balaban J connectivity index is 2.43. The van der Waals surface area contributed by atoms with Crippen LogP contribution in [0.4, 0.5) is 5.69 Å². The van der Waals surface area contributed by atoms with Gasteiger partial charge in [-0.3, -0.25) is 9.10 Å². The van der Waals surface area contributed by atoms with Gasteiger partial charge < -0.3 is 10.1 Å². The van der Waals surface area contributed by atoms with Crippen LogP contribution in [0.3, 0.4) is 0 Å². The molecule has 0 heterocycles. The van der Waals surface area contributed by atoms with Crippen LogP contribution in [-0.4, -0.2) is 40.6 Å². The smallest absolute Gasteiger partial charge is 0.264 e. The molecule has 0 saturated heterocycles. The maximum Gasteiger partial charge on any atom is 0.264 e. The maximum absolute atomic E-state index is 13.2. The third kappa shape index (κ3) is 5.59. The Bertz CT molecular complexity index is 891. The molecule has 0 fully saturated rings. The molecule has 2 aromatic carbocycles. The molecule has 9 heteroatoms. The number of methoxy groups -OCH3 is 1. The average molecular weight is 431 g/mol. The van der Waals surface area contributed by atoms with Crippen molar-refractivity contribution >= 4 is 44.8 Å². The molecule has 2 rings (SSSR count). The minimum Gasteiger partial charge on any atom is -0.383 e. The Morgan fingerprint density at radius 1 is 1.19 bits per heavy atom. The van der Waals surface area contributed by atoms with E-state index in [2.05, 4.69) is 5.32 Å². The van der Waals surface area contributed by atoms with E-state index in [9.17, 15) is 13.2 Å². The van der Waals surface area contributed by atoms with Crippen molar-refractivity contribution in [2.24, 2.45) is 0 Å². The summed E-state index contributed by atoms with van der Waals surface area (Å²) < 4.78 is 32.3. The lowest BCUT2D eigenvalue weighted by atomic mass is 10.3. The van der Waals surface area contributed by atoms with Gasteiger partial charge in [-0.05, 0) is 37.3 Å². The molecule has 0 radical (unpaired) electrons. The summed E-state index contributed by atoms with van der Waals surface area (Å²) in [5.74, 6) is -0.491. The number of hydrogen-bond acceptors (Lipinski definition) is 4. The molecular formula is C18H20Cl2N2O4S. The summed E-state index contributed by atoms with van der Waals surface area (Å²) in [4.78, 5) is 12.5. The van der Waals surface area contributed by atoms with Gasteiger partial charge in [0.15, 0.2) is 0 Å². The molecule has 0 bridgehead atoms. The quantitative estimate of drug-likeness (QED) is 0.696. The van der Waals surface area contributed by atoms with Gasteiger partial charge in [0.2, 0.25) is 5.91 Å². The molecule has 0 spiro atoms. The van der Waals surface area contributed by atoms with Crippen molar-refractivity contribution in [2.75, 3.05) is 24.6 Å². The van der Waals surface area contributed by atoms with Crippen molar-refractivity contribution in [1.82, 2.24) is 5.32 Å². The molecule has 0 aromatic heterocycles. The molecule has 0 unspecified atom stereocenters. The van der Waals surface area contributed by atoms with Gasteiger partial charge in [0.1, 0.15) is 6.54 Å². The number of ether oxygens (including phenoxy) is 1. The summed E-state index contributed by atoms with van der Waals surface area (Å²) in [5.41, 5.74) is 0.127. The summed E-state index contributed by atoms with van der Waals surface area (Å²) in [6.07, 6.45) is 0. The van der Waals surface area contributed by atoms with Crippen molar-refractivity contribution in [2.45, 2.75) is 17.9 Å². The molecule has 1 atom stereocenters. The molecule has 0 saturated carbocycles. The van der Waals surface area contributed by atoms with Crippen LogP contribution in [-0.2, 0) is 19.6 Å². The van der Waals surface area contributed by atoms with Crippen LogP contribution in [0.25, 0.3) is 0 Å². The number of rotatable bonds is 8. The monoisotopic (exact) mass is 430 g/mol. The summed E-state index contributed by atoms with van der Waals surface area (Å²) in [6.45, 7) is 1.60. The molecule has 1 amide bonds. The molecule has 0 aliphatic heterocycles. The highest BCUT2D eigenvalue weighted by Gasteiger charge is 2.29. The van der Waals surface area contributed by atoms with E-state index in [1.54, 1.807) is 31.2 Å². The first kappa shape index (κ1) is 21.5. The lowest BCUT2D eigenvalue weighted by Crippen LogP contribution is -2.44. The summed E-state index contributed by atoms with van der Waals surface area (Å²) in [6, 6.07) is 12.0. The third-order valence-electron chi connectivity index (χ3n) is 3.62. The van der Waals surface area contributed by atoms with E-state index >= 15 is 0 Å². The second-order valence-electron chi connectivity index (χ2n) is 5.84. The van der Waals surface area contributed by atoms with E-state index in [1.165, 1.54) is 31.4 Å². The van der Waals surface area contributed by atoms with Gasteiger partial charge in [-0.2, -0.15) is 0 Å². The normalized spacial score (nSPS) is 12.4. The van der Waals surface area contributed by atoms with Crippen molar-refractivity contribution in [1.29, 1.82) is 0 Å². The lowest BCUT2D eigenvalue weighted by Gasteiger charge is -2.26. The molecule has 0 aliphatic carbocycles. The molecular weight excluding hydrogens is 411 g/mol. The third-order valence-corrected chi connectivity index (χ3v) is 5.95. The Morgan fingerprint density at radius 3 is 2.48 bits per heavy atom. The predicted octanol–water partition coefficient (Wildman–Crippen LogP) is 3.34. The second kappa shape index (κ2) is 9.41. The van der Waals surface area contributed by atoms with Crippen molar-refractivity contribution in [3.8, 4) is 0 Å². The van der Waals surface area contributed by atoms with Gasteiger partial charge in [-0.25, -0.2) is 8.42 Å². The first-order chi connectivity index (χ1) is 12.8. The van der Waals surface area contributed by atoms with Gasteiger partial charge in [0, 0.05) is 18.2 Å². The number of benzene rings is 2. The number of halogens is 2. The number of nitrogens with one attached hydrogen (secondary N) is 1. The molecule has 6 nitrogen and oxygen atoms in total. The lowest BCUT2D eigenvalue weighted by molar-refractivity contribution is -0.120. The van der Waals surface area contributed by atoms with Gasteiger partial charge in [-0.15, -0.1) is 0 Å². The number of anilines is 1. The van der Waals surface area contributed by atoms with Crippen LogP contribution >= 0.6 is 23.2 Å². The number of nitrogens with zero attached hydrogens (tertiary/aromatic N) is 1. The van der Waals surface area contributed by atoms with E-state index in [1.807, 2.05) is 0 Å². The van der Waals surface area contributed by atoms with Crippen molar-refractivity contribution < 1.29 is 17.9 Å². The fourth-order valence-electron chi connectivity index (χ4n) is 2.44. The average Bonchev–Trinajstić information content (AvgIpc) is 2.62. The van der Waals surface area contributed by atoms with Crippen LogP contribution < -0.4 is 9.62 Å². The number of sulfonamides is 1. The van der Waals surface area contributed by atoms with E-state index in [0.717, 1.165) is 4.31 Å². The highest BCUT2D eigenvalue weighted by Crippen LogP contribution is 2.32. The number of hydrogen-bond donors (Lipinski definition) is 1. The maximum atomic E-state index is 13.2. The Labute approximate surface area is 169 Å². The van der Waals surface area contributed by atoms with Gasteiger partial charge in [0.25, 0.3) is 10.0 Å². The van der Waals surface area contributed by atoms with Crippen LogP contribution in [0.2, 0.25) is 10.0 Å². The van der Waals surface area contributed by atoms with E-state index in [-0.39, 0.29) is 21.6 Å². The zero-order valence-electron chi connectivity index (χ0n) is 14.9. The van der Waals surface area contributed by atoms with E-state index in [4.69, 9.17) is 27.9 Å².